The van der Waals surface area contributed by atoms with Gasteiger partial charge in [0.15, 0.2) is 0 Å². The van der Waals surface area contributed by atoms with Crippen LogP contribution in [0.4, 0.5) is 5.69 Å². The third kappa shape index (κ3) is 3.88. The standard InChI is InChI=1S/C15H10N4S/c16-9-12(10-17)11-19-13-4-6-14(7-5-13)20-15-3-1-2-8-18-15/h1-8,11,19H. The van der Waals surface area contributed by atoms with Crippen molar-refractivity contribution in [3.63, 3.8) is 0 Å². The molecule has 1 aromatic carbocycles. The van der Waals surface area contributed by atoms with Gasteiger partial charge in [0, 0.05) is 23.0 Å². The molecule has 20 heavy (non-hydrogen) atoms. The molecule has 2 rings (SSSR count). The van der Waals surface area contributed by atoms with E-state index in [-0.39, 0.29) is 5.57 Å². The predicted octanol–water partition coefficient (Wildman–Crippen LogP) is 3.58. The topological polar surface area (TPSA) is 72.5 Å². The van der Waals surface area contributed by atoms with Gasteiger partial charge in [-0.3, -0.25) is 0 Å². The zero-order valence-corrected chi connectivity index (χ0v) is 11.3. The minimum absolute atomic E-state index is 0.0388. The molecule has 1 N–H and O–H groups in total. The lowest BCUT2D eigenvalue weighted by molar-refractivity contribution is 1.13. The van der Waals surface area contributed by atoms with Gasteiger partial charge in [-0.15, -0.1) is 0 Å². The molecule has 96 valence electrons. The van der Waals surface area contributed by atoms with E-state index in [0.717, 1.165) is 15.6 Å². The van der Waals surface area contributed by atoms with Crippen molar-refractivity contribution in [1.82, 2.24) is 4.98 Å². The number of pyridine rings is 1. The molecule has 0 saturated carbocycles. The Hall–Kier alpha value is -2.76. The zero-order valence-electron chi connectivity index (χ0n) is 10.4. The summed E-state index contributed by atoms with van der Waals surface area (Å²) in [6.45, 7) is 0. The van der Waals surface area contributed by atoms with Crippen LogP contribution in [0, 0.1) is 22.7 Å². The predicted molar refractivity (Wildman–Crippen MR) is 77.7 cm³/mol. The van der Waals surface area contributed by atoms with Gasteiger partial charge in [0.2, 0.25) is 0 Å². The summed E-state index contributed by atoms with van der Waals surface area (Å²) in [7, 11) is 0. The fourth-order valence-corrected chi connectivity index (χ4v) is 2.17. The van der Waals surface area contributed by atoms with Gasteiger partial charge in [-0.1, -0.05) is 17.8 Å². The summed E-state index contributed by atoms with van der Waals surface area (Å²) in [5.74, 6) is 0. The molecule has 5 heteroatoms. The number of hydrogen-bond acceptors (Lipinski definition) is 5. The monoisotopic (exact) mass is 278 g/mol. The Morgan fingerprint density at radius 3 is 2.45 bits per heavy atom. The zero-order chi connectivity index (χ0) is 14.2. The number of hydrogen-bond donors (Lipinski definition) is 1. The number of benzene rings is 1. The number of rotatable bonds is 4. The number of allylic oxidation sites excluding steroid dienone is 1. The van der Waals surface area contributed by atoms with Crippen LogP contribution in [0.25, 0.3) is 0 Å². The first-order valence-corrected chi connectivity index (χ1v) is 6.59. The molecule has 1 heterocycles. The number of nitrogens with zero attached hydrogens (tertiary/aromatic N) is 3. The van der Waals surface area contributed by atoms with E-state index in [0.29, 0.717) is 0 Å². The summed E-state index contributed by atoms with van der Waals surface area (Å²) in [4.78, 5) is 5.31. The molecular weight excluding hydrogens is 268 g/mol. The molecule has 0 bridgehead atoms. The molecule has 2 aromatic rings. The van der Waals surface area contributed by atoms with Crippen LogP contribution in [0.1, 0.15) is 0 Å². The lowest BCUT2D eigenvalue weighted by Gasteiger charge is -2.03. The van der Waals surface area contributed by atoms with Crippen LogP contribution in [-0.2, 0) is 0 Å². The first-order valence-electron chi connectivity index (χ1n) is 5.77. The summed E-state index contributed by atoms with van der Waals surface area (Å²) in [5, 5.41) is 21.1. The molecule has 0 saturated heterocycles. The highest BCUT2D eigenvalue weighted by Crippen LogP contribution is 2.26. The molecule has 0 aliphatic heterocycles. The van der Waals surface area contributed by atoms with Crippen LogP contribution >= 0.6 is 11.8 Å². The van der Waals surface area contributed by atoms with E-state index in [9.17, 15) is 0 Å². The Balaban J connectivity index is 2.02. The van der Waals surface area contributed by atoms with Gasteiger partial charge in [0.1, 0.15) is 22.7 Å². The third-order valence-corrected chi connectivity index (χ3v) is 3.30. The van der Waals surface area contributed by atoms with Crippen molar-refractivity contribution in [1.29, 1.82) is 10.5 Å². The van der Waals surface area contributed by atoms with Crippen LogP contribution < -0.4 is 5.32 Å². The summed E-state index contributed by atoms with van der Waals surface area (Å²) in [6.07, 6.45) is 3.15. The van der Waals surface area contributed by atoms with Crippen molar-refractivity contribution in [2.75, 3.05) is 5.32 Å². The normalized spacial score (nSPS) is 9.10. The maximum atomic E-state index is 8.62. The highest BCUT2D eigenvalue weighted by Gasteiger charge is 1.98. The Kier molecular flexibility index (Phi) is 4.77. The van der Waals surface area contributed by atoms with Crippen LogP contribution in [0.5, 0.6) is 0 Å². The quantitative estimate of drug-likeness (QED) is 0.865. The Morgan fingerprint density at radius 2 is 1.85 bits per heavy atom. The third-order valence-electron chi connectivity index (χ3n) is 2.34. The second-order valence-corrected chi connectivity index (χ2v) is 4.81. The van der Waals surface area contributed by atoms with Gasteiger partial charge in [-0.25, -0.2) is 4.98 Å². The van der Waals surface area contributed by atoms with Gasteiger partial charge in [-0.05, 0) is 36.4 Å². The highest BCUT2D eigenvalue weighted by molar-refractivity contribution is 7.99. The second-order valence-electron chi connectivity index (χ2n) is 3.72. The van der Waals surface area contributed by atoms with Gasteiger partial charge in [0.05, 0.1) is 0 Å². The van der Waals surface area contributed by atoms with Crippen molar-refractivity contribution >= 4 is 17.4 Å². The minimum Gasteiger partial charge on any atom is -0.360 e. The Morgan fingerprint density at radius 1 is 1.10 bits per heavy atom. The molecule has 0 fully saturated rings. The number of aromatic nitrogens is 1. The molecule has 0 aliphatic carbocycles. The minimum atomic E-state index is 0.0388. The summed E-state index contributed by atoms with van der Waals surface area (Å²) >= 11 is 1.57. The van der Waals surface area contributed by atoms with Crippen LogP contribution in [-0.4, -0.2) is 4.98 Å². The fourth-order valence-electron chi connectivity index (χ4n) is 1.39. The molecule has 0 atom stereocenters. The first-order chi connectivity index (χ1) is 9.81. The van der Waals surface area contributed by atoms with E-state index < -0.39 is 0 Å². The summed E-state index contributed by atoms with van der Waals surface area (Å²) in [6, 6.07) is 17.0. The SMILES string of the molecule is N#CC(C#N)=CNc1ccc(Sc2ccccn2)cc1. The van der Waals surface area contributed by atoms with E-state index in [1.165, 1.54) is 6.20 Å². The van der Waals surface area contributed by atoms with E-state index in [1.54, 1.807) is 30.1 Å². The largest absolute Gasteiger partial charge is 0.360 e. The van der Waals surface area contributed by atoms with E-state index in [4.69, 9.17) is 10.5 Å². The van der Waals surface area contributed by atoms with Gasteiger partial charge in [-0.2, -0.15) is 10.5 Å². The molecule has 1 aromatic heterocycles. The molecule has 0 unspecified atom stereocenters. The van der Waals surface area contributed by atoms with Crippen molar-refractivity contribution in [2.45, 2.75) is 9.92 Å². The Labute approximate surface area is 121 Å². The summed E-state index contributed by atoms with van der Waals surface area (Å²) in [5.41, 5.74) is 0.857. The molecule has 0 amide bonds. The van der Waals surface area contributed by atoms with E-state index >= 15 is 0 Å². The first kappa shape index (κ1) is 13.7. The molecular formula is C15H10N4S. The molecule has 0 radical (unpaired) electrons. The van der Waals surface area contributed by atoms with Crippen molar-refractivity contribution in [3.8, 4) is 12.1 Å². The Bertz CT molecular complexity index is 663. The van der Waals surface area contributed by atoms with E-state index in [1.807, 2.05) is 42.5 Å². The van der Waals surface area contributed by atoms with Crippen LogP contribution in [0.3, 0.4) is 0 Å². The maximum absolute atomic E-state index is 8.62. The average molecular weight is 278 g/mol. The van der Waals surface area contributed by atoms with Crippen molar-refractivity contribution in [2.24, 2.45) is 0 Å². The van der Waals surface area contributed by atoms with E-state index in [2.05, 4.69) is 10.3 Å². The van der Waals surface area contributed by atoms with Crippen LogP contribution in [0.15, 0.2) is 70.4 Å². The highest BCUT2D eigenvalue weighted by atomic mass is 32.2. The number of nitriles is 2. The lowest BCUT2D eigenvalue weighted by Crippen LogP contribution is -1.89. The summed E-state index contributed by atoms with van der Waals surface area (Å²) < 4.78 is 0. The van der Waals surface area contributed by atoms with Gasteiger partial charge < -0.3 is 5.32 Å². The smallest absolute Gasteiger partial charge is 0.145 e. The fraction of sp³-hybridized carbons (Fsp3) is 0. The lowest BCUT2D eigenvalue weighted by atomic mass is 10.3. The molecule has 0 aliphatic rings. The molecule has 4 nitrogen and oxygen atoms in total. The van der Waals surface area contributed by atoms with Crippen molar-refractivity contribution in [3.05, 3.63) is 60.4 Å². The number of nitrogens with one attached hydrogen (secondary N) is 1. The molecule has 0 spiro atoms. The second kappa shape index (κ2) is 6.98. The van der Waals surface area contributed by atoms with Gasteiger partial charge in [0.25, 0.3) is 0 Å². The van der Waals surface area contributed by atoms with Crippen LogP contribution in [0.2, 0.25) is 0 Å². The number of anilines is 1. The van der Waals surface area contributed by atoms with Gasteiger partial charge >= 0.3 is 0 Å². The average Bonchev–Trinajstić information content (AvgIpc) is 2.51. The maximum Gasteiger partial charge on any atom is 0.145 e. The van der Waals surface area contributed by atoms with Crippen molar-refractivity contribution < 1.29 is 0 Å².